The van der Waals surface area contributed by atoms with Crippen molar-refractivity contribution in [1.29, 1.82) is 0 Å². The van der Waals surface area contributed by atoms with Gasteiger partial charge in [0.05, 0.1) is 21.3 Å². The molecule has 1 saturated carbocycles. The molecule has 4 aromatic rings. The molecule has 3 N–H and O–H groups in total. The fraction of sp³-hybridized carbons (Fsp3) is 0.310. The highest BCUT2D eigenvalue weighted by molar-refractivity contribution is 7.18. The van der Waals surface area contributed by atoms with Crippen molar-refractivity contribution >= 4 is 56.2 Å². The number of aromatic nitrogens is 2. The van der Waals surface area contributed by atoms with Gasteiger partial charge in [0.1, 0.15) is 12.1 Å². The van der Waals surface area contributed by atoms with Crippen LogP contribution in [0.2, 0.25) is 0 Å². The summed E-state index contributed by atoms with van der Waals surface area (Å²) in [6, 6.07) is 8.66. The van der Waals surface area contributed by atoms with Gasteiger partial charge in [-0.3, -0.25) is 9.59 Å². The second kappa shape index (κ2) is 11.4. The fourth-order valence-corrected chi connectivity index (χ4v) is 5.39. The van der Waals surface area contributed by atoms with Crippen molar-refractivity contribution in [2.75, 3.05) is 33.9 Å². The monoisotopic (exact) mass is 582 g/mol. The number of thiophene rings is 1. The Labute approximate surface area is 239 Å². The van der Waals surface area contributed by atoms with Crippen molar-refractivity contribution in [3.8, 4) is 0 Å². The van der Waals surface area contributed by atoms with Crippen LogP contribution in [0.15, 0.2) is 48.1 Å². The molecule has 2 amide bonds. The molecule has 1 aliphatic carbocycles. The number of carbonyl (C=O) groups is 2. The highest BCUT2D eigenvalue weighted by atomic mass is 32.1. The smallest absolute Gasteiger partial charge is 0.372 e. The Morgan fingerprint density at radius 1 is 1.02 bits per heavy atom. The normalized spacial score (nSPS) is 13.2. The molecule has 0 bridgehead atoms. The van der Waals surface area contributed by atoms with Gasteiger partial charge in [-0.15, -0.1) is 11.3 Å². The molecule has 214 valence electrons. The van der Waals surface area contributed by atoms with E-state index in [4.69, 9.17) is 0 Å². The summed E-state index contributed by atoms with van der Waals surface area (Å²) >= 11 is 1.38. The van der Waals surface area contributed by atoms with Gasteiger partial charge in [0, 0.05) is 47.1 Å². The van der Waals surface area contributed by atoms with Gasteiger partial charge >= 0.3 is 6.18 Å². The minimum atomic E-state index is -4.61. The van der Waals surface area contributed by atoms with Crippen molar-refractivity contribution in [3.63, 3.8) is 0 Å². The van der Waals surface area contributed by atoms with Crippen LogP contribution in [0.25, 0.3) is 10.2 Å². The summed E-state index contributed by atoms with van der Waals surface area (Å²) in [6.45, 7) is 6.45. The number of benzene rings is 2. The standard InChI is InChI=1S/C29H29F3N6O2S/c1-4-38(5-2)21-11-17(10-18(12-21)29(30,31)32)27(39)36-20-7-6-16(3)23(13-20)37-28(40)22-14-41-25-24(22)33-15-34-26(25)35-19-8-9-19/h6-7,10-15,19H,4-5,8-9H2,1-3H3,(H,36,39)(H,37,40)(H,33,34,35). The van der Waals surface area contributed by atoms with Crippen LogP contribution >= 0.6 is 11.3 Å². The number of carbonyl (C=O) groups excluding carboxylic acids is 2. The topological polar surface area (TPSA) is 99.2 Å². The Hall–Kier alpha value is -4.19. The van der Waals surface area contributed by atoms with Gasteiger partial charge in [0.25, 0.3) is 11.8 Å². The number of halogens is 3. The molecular formula is C29H29F3N6O2S. The lowest BCUT2D eigenvalue weighted by Crippen LogP contribution is -2.23. The number of hydrogen-bond donors (Lipinski definition) is 3. The van der Waals surface area contributed by atoms with Gasteiger partial charge < -0.3 is 20.9 Å². The molecule has 0 spiro atoms. The van der Waals surface area contributed by atoms with Crippen LogP contribution in [-0.2, 0) is 6.18 Å². The average Bonchev–Trinajstić information content (AvgIpc) is 3.65. The first-order valence-corrected chi connectivity index (χ1v) is 14.1. The van der Waals surface area contributed by atoms with Crippen LogP contribution in [-0.4, -0.2) is 40.9 Å². The molecule has 5 rings (SSSR count). The predicted molar refractivity (Wildman–Crippen MR) is 156 cm³/mol. The number of fused-ring (bicyclic) bond motifs is 1. The van der Waals surface area contributed by atoms with Crippen LogP contribution in [0, 0.1) is 6.92 Å². The third-order valence-electron chi connectivity index (χ3n) is 6.90. The summed E-state index contributed by atoms with van der Waals surface area (Å²) < 4.78 is 41.7. The summed E-state index contributed by atoms with van der Waals surface area (Å²) in [6.07, 6.45) is -1.01. The van der Waals surface area contributed by atoms with Gasteiger partial charge in [-0.1, -0.05) is 6.07 Å². The maximum Gasteiger partial charge on any atom is 0.416 e. The second-order valence-electron chi connectivity index (χ2n) is 9.84. The Bertz CT molecular complexity index is 1610. The average molecular weight is 583 g/mol. The zero-order valence-corrected chi connectivity index (χ0v) is 23.5. The summed E-state index contributed by atoms with van der Waals surface area (Å²) in [5, 5.41) is 10.6. The number of hydrogen-bond acceptors (Lipinski definition) is 7. The van der Waals surface area contributed by atoms with Gasteiger partial charge in [-0.2, -0.15) is 13.2 Å². The van der Waals surface area contributed by atoms with E-state index in [9.17, 15) is 22.8 Å². The Morgan fingerprint density at radius 2 is 1.78 bits per heavy atom. The van der Waals surface area contributed by atoms with E-state index in [0.717, 1.165) is 35.2 Å². The molecule has 2 aromatic carbocycles. The molecule has 0 radical (unpaired) electrons. The molecule has 8 nitrogen and oxygen atoms in total. The molecule has 2 heterocycles. The summed E-state index contributed by atoms with van der Waals surface area (Å²) in [4.78, 5) is 36.7. The lowest BCUT2D eigenvalue weighted by molar-refractivity contribution is -0.137. The van der Waals surface area contributed by atoms with Crippen molar-refractivity contribution in [2.24, 2.45) is 0 Å². The van der Waals surface area contributed by atoms with E-state index < -0.39 is 17.6 Å². The van der Waals surface area contributed by atoms with Crippen molar-refractivity contribution in [3.05, 3.63) is 70.4 Å². The lowest BCUT2D eigenvalue weighted by atomic mass is 10.1. The van der Waals surface area contributed by atoms with Crippen molar-refractivity contribution < 1.29 is 22.8 Å². The summed E-state index contributed by atoms with van der Waals surface area (Å²) in [7, 11) is 0. The van der Waals surface area contributed by atoms with E-state index in [1.807, 2.05) is 13.8 Å². The van der Waals surface area contributed by atoms with Crippen LogP contribution in [0.3, 0.4) is 0 Å². The van der Waals surface area contributed by atoms with Crippen LogP contribution in [0.5, 0.6) is 0 Å². The number of nitrogens with one attached hydrogen (secondary N) is 3. The molecule has 0 unspecified atom stereocenters. The number of nitrogens with zero attached hydrogens (tertiary/aromatic N) is 3. The largest absolute Gasteiger partial charge is 0.416 e. The van der Waals surface area contributed by atoms with Crippen LogP contribution in [0.1, 0.15) is 58.5 Å². The van der Waals surface area contributed by atoms with E-state index >= 15 is 0 Å². The van der Waals surface area contributed by atoms with Crippen LogP contribution in [0.4, 0.5) is 36.1 Å². The van der Waals surface area contributed by atoms with E-state index in [-0.39, 0.29) is 11.5 Å². The van der Waals surface area contributed by atoms with E-state index in [2.05, 4.69) is 25.9 Å². The molecule has 0 aliphatic heterocycles. The number of anilines is 4. The van der Waals surface area contributed by atoms with E-state index in [1.165, 1.54) is 23.7 Å². The molecule has 41 heavy (non-hydrogen) atoms. The summed E-state index contributed by atoms with van der Waals surface area (Å²) in [5.74, 6) is -0.358. The lowest BCUT2D eigenvalue weighted by Gasteiger charge is -2.23. The predicted octanol–water partition coefficient (Wildman–Crippen LogP) is 6.94. The van der Waals surface area contributed by atoms with Gasteiger partial charge in [0.2, 0.25) is 0 Å². The third kappa shape index (κ3) is 6.27. The first-order valence-electron chi connectivity index (χ1n) is 13.3. The van der Waals surface area contributed by atoms with Gasteiger partial charge in [0.15, 0.2) is 0 Å². The highest BCUT2D eigenvalue weighted by Gasteiger charge is 2.32. The SMILES string of the molecule is CCN(CC)c1cc(C(=O)Nc2ccc(C)c(NC(=O)c3csc4c(NC5CC5)ncnc34)c2)cc(C(F)(F)F)c1. The molecule has 12 heteroatoms. The van der Waals surface area contributed by atoms with Gasteiger partial charge in [-0.05, 0) is 69.5 Å². The number of rotatable bonds is 9. The first kappa shape index (κ1) is 28.3. The maximum absolute atomic E-state index is 13.6. The zero-order chi connectivity index (χ0) is 29.3. The fourth-order valence-electron chi connectivity index (χ4n) is 4.44. The quantitative estimate of drug-likeness (QED) is 0.198. The van der Waals surface area contributed by atoms with Crippen molar-refractivity contribution in [1.82, 2.24) is 9.97 Å². The second-order valence-corrected chi connectivity index (χ2v) is 10.7. The Morgan fingerprint density at radius 3 is 2.46 bits per heavy atom. The number of aryl methyl sites for hydroxylation is 1. The van der Waals surface area contributed by atoms with E-state index in [1.54, 1.807) is 35.4 Å². The Kier molecular flexibility index (Phi) is 7.85. The third-order valence-corrected chi connectivity index (χ3v) is 7.87. The molecule has 0 saturated heterocycles. The van der Waals surface area contributed by atoms with Crippen molar-refractivity contribution in [2.45, 2.75) is 45.8 Å². The molecule has 1 fully saturated rings. The molecule has 2 aromatic heterocycles. The minimum absolute atomic E-state index is 0.118. The Balaban J connectivity index is 1.37. The van der Waals surface area contributed by atoms with Gasteiger partial charge in [-0.25, -0.2) is 9.97 Å². The highest BCUT2D eigenvalue weighted by Crippen LogP contribution is 2.35. The molecule has 0 atom stereocenters. The number of alkyl halides is 3. The minimum Gasteiger partial charge on any atom is -0.372 e. The summed E-state index contributed by atoms with van der Waals surface area (Å²) in [5.41, 5.74) is 1.75. The number of amides is 2. The maximum atomic E-state index is 13.6. The molecular weight excluding hydrogens is 553 g/mol. The zero-order valence-electron chi connectivity index (χ0n) is 22.7. The molecule has 1 aliphatic rings. The van der Waals surface area contributed by atoms with Crippen LogP contribution < -0.4 is 20.9 Å². The van der Waals surface area contributed by atoms with E-state index in [0.29, 0.717) is 53.1 Å². The first-order chi connectivity index (χ1) is 19.6.